The molecule has 4 heterocycles. The van der Waals surface area contributed by atoms with Gasteiger partial charge in [0, 0.05) is 36.9 Å². The average molecular weight is 402 g/mol. The standard InChI is InChI=1S/C22H22N6O2/c29-21(17-13-27-11-5-3-9-19(27)23-17)25-15-7-1-2-8-16(15)26-22(30)18-14-28-12-6-4-10-20(28)24-18/h3-6,9-16H,1-2,7-8H2,(H,25,29)(H,26,30). The Bertz CT molecular complexity index is 1060. The summed E-state index contributed by atoms with van der Waals surface area (Å²) >= 11 is 0. The number of pyridine rings is 2. The second kappa shape index (κ2) is 7.62. The molecule has 2 amide bonds. The first-order valence-electron chi connectivity index (χ1n) is 10.2. The molecule has 0 spiro atoms. The van der Waals surface area contributed by atoms with Crippen LogP contribution in [0.5, 0.6) is 0 Å². The van der Waals surface area contributed by atoms with E-state index in [4.69, 9.17) is 0 Å². The minimum atomic E-state index is -0.224. The lowest BCUT2D eigenvalue weighted by Gasteiger charge is -2.32. The summed E-state index contributed by atoms with van der Waals surface area (Å²) in [7, 11) is 0. The third-order valence-corrected chi connectivity index (χ3v) is 5.59. The van der Waals surface area contributed by atoms with Crippen LogP contribution in [0.1, 0.15) is 46.7 Å². The van der Waals surface area contributed by atoms with Crippen molar-refractivity contribution in [1.29, 1.82) is 0 Å². The SMILES string of the molecule is O=C(NC1CCCCC1NC(=O)c1cn2ccccc2n1)c1cn2ccccc2n1. The molecule has 0 radical (unpaired) electrons. The van der Waals surface area contributed by atoms with E-state index in [0.717, 1.165) is 37.0 Å². The lowest BCUT2D eigenvalue weighted by atomic mass is 9.90. The number of fused-ring (bicyclic) bond motifs is 2. The number of rotatable bonds is 4. The van der Waals surface area contributed by atoms with Gasteiger partial charge >= 0.3 is 0 Å². The van der Waals surface area contributed by atoms with E-state index in [-0.39, 0.29) is 23.9 Å². The first kappa shape index (κ1) is 18.4. The third-order valence-electron chi connectivity index (χ3n) is 5.59. The maximum Gasteiger partial charge on any atom is 0.271 e. The molecule has 2 N–H and O–H groups in total. The Labute approximate surface area is 173 Å². The molecule has 30 heavy (non-hydrogen) atoms. The van der Waals surface area contributed by atoms with Crippen molar-refractivity contribution in [1.82, 2.24) is 29.4 Å². The van der Waals surface area contributed by atoms with Crippen LogP contribution in [0.15, 0.2) is 61.2 Å². The summed E-state index contributed by atoms with van der Waals surface area (Å²) in [5.41, 5.74) is 2.19. The molecule has 4 aromatic rings. The van der Waals surface area contributed by atoms with E-state index in [9.17, 15) is 9.59 Å². The molecule has 8 nitrogen and oxygen atoms in total. The number of carbonyl (C=O) groups excluding carboxylic acids is 2. The molecule has 0 bridgehead atoms. The van der Waals surface area contributed by atoms with Gasteiger partial charge in [-0.2, -0.15) is 0 Å². The molecular weight excluding hydrogens is 380 g/mol. The molecule has 2 atom stereocenters. The third kappa shape index (κ3) is 3.52. The van der Waals surface area contributed by atoms with Gasteiger partial charge < -0.3 is 19.4 Å². The maximum atomic E-state index is 12.8. The molecule has 5 rings (SSSR count). The number of hydrogen-bond donors (Lipinski definition) is 2. The molecular formula is C22H22N6O2. The Balaban J connectivity index is 1.30. The zero-order chi connectivity index (χ0) is 20.5. The van der Waals surface area contributed by atoms with E-state index in [1.807, 2.05) is 57.6 Å². The van der Waals surface area contributed by atoms with Crippen molar-refractivity contribution in [2.45, 2.75) is 37.8 Å². The van der Waals surface area contributed by atoms with Gasteiger partial charge in [-0.3, -0.25) is 9.59 Å². The molecule has 0 aromatic carbocycles. The highest BCUT2D eigenvalue weighted by molar-refractivity contribution is 5.94. The summed E-state index contributed by atoms with van der Waals surface area (Å²) in [6.07, 6.45) is 10.8. The van der Waals surface area contributed by atoms with E-state index in [0.29, 0.717) is 11.4 Å². The second-order valence-corrected chi connectivity index (χ2v) is 7.63. The van der Waals surface area contributed by atoms with Crippen molar-refractivity contribution < 1.29 is 9.59 Å². The molecule has 2 unspecified atom stereocenters. The van der Waals surface area contributed by atoms with Crippen LogP contribution in [0, 0.1) is 0 Å². The predicted molar refractivity (Wildman–Crippen MR) is 111 cm³/mol. The van der Waals surface area contributed by atoms with E-state index in [2.05, 4.69) is 20.6 Å². The number of imidazole rings is 2. The van der Waals surface area contributed by atoms with Gasteiger partial charge in [0.15, 0.2) is 0 Å². The molecule has 0 saturated heterocycles. The number of nitrogens with one attached hydrogen (secondary N) is 2. The largest absolute Gasteiger partial charge is 0.346 e. The first-order valence-corrected chi connectivity index (χ1v) is 10.2. The summed E-state index contributed by atoms with van der Waals surface area (Å²) < 4.78 is 3.64. The Kier molecular flexibility index (Phi) is 4.66. The van der Waals surface area contributed by atoms with Crippen molar-refractivity contribution in [3.05, 3.63) is 72.6 Å². The zero-order valence-electron chi connectivity index (χ0n) is 16.4. The second-order valence-electron chi connectivity index (χ2n) is 7.63. The molecule has 1 aliphatic carbocycles. The molecule has 1 aliphatic rings. The van der Waals surface area contributed by atoms with Crippen LogP contribution in [0.4, 0.5) is 0 Å². The Hall–Kier alpha value is -3.68. The smallest absolute Gasteiger partial charge is 0.271 e. The summed E-state index contributed by atoms with van der Waals surface area (Å²) in [5.74, 6) is -0.449. The van der Waals surface area contributed by atoms with Crippen LogP contribution in [0.3, 0.4) is 0 Å². The van der Waals surface area contributed by atoms with Crippen molar-refractivity contribution in [3.8, 4) is 0 Å². The van der Waals surface area contributed by atoms with Gasteiger partial charge in [-0.15, -0.1) is 0 Å². The zero-order valence-corrected chi connectivity index (χ0v) is 16.4. The fourth-order valence-electron chi connectivity index (χ4n) is 4.05. The normalized spacial score (nSPS) is 19.1. The summed E-state index contributed by atoms with van der Waals surface area (Å²) in [6.45, 7) is 0. The topological polar surface area (TPSA) is 92.8 Å². The minimum Gasteiger partial charge on any atom is -0.346 e. The quantitative estimate of drug-likeness (QED) is 0.548. The molecule has 1 fully saturated rings. The summed E-state index contributed by atoms with van der Waals surface area (Å²) in [6, 6.07) is 11.0. The van der Waals surface area contributed by atoms with Crippen LogP contribution >= 0.6 is 0 Å². The summed E-state index contributed by atoms with van der Waals surface area (Å²) in [4.78, 5) is 34.3. The van der Waals surface area contributed by atoms with Crippen LogP contribution in [-0.2, 0) is 0 Å². The number of aromatic nitrogens is 4. The van der Waals surface area contributed by atoms with Crippen LogP contribution in [0.2, 0.25) is 0 Å². The van der Waals surface area contributed by atoms with Gasteiger partial charge in [0.1, 0.15) is 22.7 Å². The molecule has 0 aliphatic heterocycles. The maximum absolute atomic E-state index is 12.8. The number of amides is 2. The van der Waals surface area contributed by atoms with E-state index in [1.165, 1.54) is 0 Å². The monoisotopic (exact) mass is 402 g/mol. The molecule has 1 saturated carbocycles. The Morgan fingerprint density at radius 2 is 1.23 bits per heavy atom. The highest BCUT2D eigenvalue weighted by Crippen LogP contribution is 2.20. The Morgan fingerprint density at radius 1 is 0.767 bits per heavy atom. The Morgan fingerprint density at radius 3 is 1.67 bits per heavy atom. The number of carbonyl (C=O) groups is 2. The fraction of sp³-hybridized carbons (Fsp3) is 0.273. The minimum absolute atomic E-state index is 0.142. The number of nitrogens with zero attached hydrogens (tertiary/aromatic N) is 4. The van der Waals surface area contributed by atoms with Crippen LogP contribution in [-0.4, -0.2) is 42.7 Å². The van der Waals surface area contributed by atoms with Crippen molar-refractivity contribution >= 4 is 23.1 Å². The van der Waals surface area contributed by atoms with Crippen molar-refractivity contribution in [2.75, 3.05) is 0 Å². The van der Waals surface area contributed by atoms with Crippen molar-refractivity contribution in [3.63, 3.8) is 0 Å². The predicted octanol–water partition coefficient (Wildman–Crippen LogP) is 2.45. The summed E-state index contributed by atoms with van der Waals surface area (Å²) in [5, 5.41) is 6.15. The number of hydrogen-bond acceptors (Lipinski definition) is 4. The van der Waals surface area contributed by atoms with E-state index < -0.39 is 0 Å². The van der Waals surface area contributed by atoms with Crippen molar-refractivity contribution in [2.24, 2.45) is 0 Å². The van der Waals surface area contributed by atoms with Crippen LogP contribution < -0.4 is 10.6 Å². The van der Waals surface area contributed by atoms with Gasteiger partial charge in [-0.25, -0.2) is 9.97 Å². The van der Waals surface area contributed by atoms with E-state index in [1.54, 1.807) is 12.4 Å². The molecule has 4 aromatic heterocycles. The first-order chi connectivity index (χ1) is 14.7. The highest BCUT2D eigenvalue weighted by atomic mass is 16.2. The van der Waals surface area contributed by atoms with Crippen LogP contribution in [0.25, 0.3) is 11.3 Å². The van der Waals surface area contributed by atoms with Gasteiger partial charge in [-0.05, 0) is 37.1 Å². The van der Waals surface area contributed by atoms with Gasteiger partial charge in [0.2, 0.25) is 0 Å². The van der Waals surface area contributed by atoms with E-state index >= 15 is 0 Å². The van der Waals surface area contributed by atoms with Gasteiger partial charge in [0.05, 0.1) is 0 Å². The van der Waals surface area contributed by atoms with Gasteiger partial charge in [0.25, 0.3) is 11.8 Å². The lowest BCUT2D eigenvalue weighted by molar-refractivity contribution is 0.0858. The highest BCUT2D eigenvalue weighted by Gasteiger charge is 2.29. The fourth-order valence-corrected chi connectivity index (χ4v) is 4.05. The lowest BCUT2D eigenvalue weighted by Crippen LogP contribution is -2.53. The average Bonchev–Trinajstić information content (AvgIpc) is 3.39. The van der Waals surface area contributed by atoms with Gasteiger partial charge in [-0.1, -0.05) is 25.0 Å². The molecule has 152 valence electrons. The molecule has 8 heteroatoms.